The summed E-state index contributed by atoms with van der Waals surface area (Å²) in [7, 11) is -0.815. The van der Waals surface area contributed by atoms with Crippen molar-refractivity contribution >= 4 is 10.8 Å². The second-order valence-corrected chi connectivity index (χ2v) is 7.06. The van der Waals surface area contributed by atoms with Crippen molar-refractivity contribution < 1.29 is 13.7 Å². The molecule has 1 aromatic rings. The van der Waals surface area contributed by atoms with Crippen LogP contribution in [0.1, 0.15) is 38.8 Å². The molecule has 0 aromatic heterocycles. The van der Waals surface area contributed by atoms with Crippen LogP contribution in [-0.4, -0.2) is 29.1 Å². The predicted molar refractivity (Wildman–Crippen MR) is 86.3 cm³/mol. The average Bonchev–Trinajstić information content (AvgIpc) is 2.93. The standard InChI is InChI=1S/C16H25NO3S/c1-4-12(3)9-21(18)10-14(17-5-2)13-6-7-15-16(8-13)20-11-19-15/h6-8,12,14,17H,4-5,9-11H2,1-3H3. The van der Waals surface area contributed by atoms with Crippen LogP contribution in [0.15, 0.2) is 18.2 Å². The summed E-state index contributed by atoms with van der Waals surface area (Å²) in [6.07, 6.45) is 1.07. The van der Waals surface area contributed by atoms with Gasteiger partial charge in [-0.15, -0.1) is 0 Å². The van der Waals surface area contributed by atoms with E-state index >= 15 is 0 Å². The third-order valence-corrected chi connectivity index (χ3v) is 5.42. The lowest BCUT2D eigenvalue weighted by molar-refractivity contribution is 0.174. The van der Waals surface area contributed by atoms with Gasteiger partial charge in [-0.1, -0.05) is 33.3 Å². The number of benzene rings is 1. The summed E-state index contributed by atoms with van der Waals surface area (Å²) in [5, 5.41) is 3.42. The van der Waals surface area contributed by atoms with Gasteiger partial charge in [0.25, 0.3) is 0 Å². The summed E-state index contributed by atoms with van der Waals surface area (Å²) in [5.74, 6) is 3.48. The first kappa shape index (κ1) is 16.3. The Hall–Kier alpha value is -1.07. The SMILES string of the molecule is CCNC(CS(=O)CC(C)CC)c1ccc2c(c1)OCO2. The molecule has 3 atom stereocenters. The number of hydrogen-bond donors (Lipinski definition) is 1. The molecule has 0 bridgehead atoms. The fourth-order valence-electron chi connectivity index (χ4n) is 2.34. The maximum atomic E-state index is 12.3. The minimum Gasteiger partial charge on any atom is -0.454 e. The van der Waals surface area contributed by atoms with Crippen molar-refractivity contribution in [3.05, 3.63) is 23.8 Å². The van der Waals surface area contributed by atoms with Crippen LogP contribution < -0.4 is 14.8 Å². The minimum absolute atomic E-state index is 0.0920. The van der Waals surface area contributed by atoms with Gasteiger partial charge in [0.1, 0.15) is 0 Å². The Morgan fingerprint density at radius 2 is 2.00 bits per heavy atom. The molecule has 2 rings (SSSR count). The number of nitrogens with one attached hydrogen (secondary N) is 1. The highest BCUT2D eigenvalue weighted by atomic mass is 32.2. The largest absolute Gasteiger partial charge is 0.454 e. The van der Waals surface area contributed by atoms with Gasteiger partial charge in [0, 0.05) is 28.3 Å². The molecule has 0 saturated heterocycles. The lowest BCUT2D eigenvalue weighted by Crippen LogP contribution is -2.27. The first-order valence-corrected chi connectivity index (χ1v) is 9.10. The monoisotopic (exact) mass is 311 g/mol. The van der Waals surface area contributed by atoms with E-state index in [1.54, 1.807) is 0 Å². The Labute approximate surface area is 129 Å². The molecule has 1 aliphatic heterocycles. The number of rotatable bonds is 8. The van der Waals surface area contributed by atoms with Crippen LogP contribution in [-0.2, 0) is 10.8 Å². The summed E-state index contributed by atoms with van der Waals surface area (Å²) >= 11 is 0. The van der Waals surface area contributed by atoms with E-state index in [4.69, 9.17) is 9.47 Å². The van der Waals surface area contributed by atoms with Crippen LogP contribution in [0, 0.1) is 5.92 Å². The second-order valence-electron chi connectivity index (χ2n) is 5.51. The van der Waals surface area contributed by atoms with Crippen molar-refractivity contribution in [2.45, 2.75) is 33.2 Å². The third kappa shape index (κ3) is 4.45. The third-order valence-electron chi connectivity index (χ3n) is 3.77. The molecule has 0 radical (unpaired) electrons. The van der Waals surface area contributed by atoms with E-state index in [0.717, 1.165) is 35.8 Å². The molecule has 0 spiro atoms. The topological polar surface area (TPSA) is 47.6 Å². The first-order chi connectivity index (χ1) is 10.1. The van der Waals surface area contributed by atoms with E-state index in [-0.39, 0.29) is 12.8 Å². The minimum atomic E-state index is -0.815. The zero-order valence-electron chi connectivity index (χ0n) is 13.1. The summed E-state index contributed by atoms with van der Waals surface area (Å²) in [4.78, 5) is 0. The lowest BCUT2D eigenvalue weighted by atomic mass is 10.1. The molecule has 0 amide bonds. The number of ether oxygens (including phenoxy) is 2. The highest BCUT2D eigenvalue weighted by Gasteiger charge is 2.19. The molecule has 0 aliphatic carbocycles. The van der Waals surface area contributed by atoms with Gasteiger partial charge in [0.15, 0.2) is 11.5 Å². The summed E-state index contributed by atoms with van der Waals surface area (Å²) in [6.45, 7) is 7.49. The Morgan fingerprint density at radius 1 is 1.24 bits per heavy atom. The van der Waals surface area contributed by atoms with Crippen LogP contribution >= 0.6 is 0 Å². The van der Waals surface area contributed by atoms with E-state index in [9.17, 15) is 4.21 Å². The van der Waals surface area contributed by atoms with E-state index in [0.29, 0.717) is 11.7 Å². The molecule has 1 aliphatic rings. The van der Waals surface area contributed by atoms with Crippen LogP contribution in [0.25, 0.3) is 0 Å². The molecule has 21 heavy (non-hydrogen) atoms. The fraction of sp³-hybridized carbons (Fsp3) is 0.625. The van der Waals surface area contributed by atoms with Crippen molar-refractivity contribution in [1.29, 1.82) is 0 Å². The van der Waals surface area contributed by atoms with Gasteiger partial charge in [0.2, 0.25) is 6.79 Å². The molecule has 3 unspecified atom stereocenters. The molecular formula is C16H25NO3S. The zero-order valence-corrected chi connectivity index (χ0v) is 13.9. The quantitative estimate of drug-likeness (QED) is 0.802. The molecule has 5 heteroatoms. The molecule has 1 heterocycles. The summed E-state index contributed by atoms with van der Waals surface area (Å²) in [6, 6.07) is 6.05. The van der Waals surface area contributed by atoms with E-state index < -0.39 is 10.8 Å². The van der Waals surface area contributed by atoms with Gasteiger partial charge in [-0.05, 0) is 30.2 Å². The normalized spacial score (nSPS) is 17.5. The predicted octanol–water partition coefficient (Wildman–Crippen LogP) is 2.86. The molecule has 1 aromatic carbocycles. The highest BCUT2D eigenvalue weighted by Crippen LogP contribution is 2.34. The maximum Gasteiger partial charge on any atom is 0.231 e. The van der Waals surface area contributed by atoms with Gasteiger partial charge in [0.05, 0.1) is 0 Å². The van der Waals surface area contributed by atoms with E-state index in [1.165, 1.54) is 0 Å². The van der Waals surface area contributed by atoms with Crippen LogP contribution in [0.2, 0.25) is 0 Å². The molecule has 118 valence electrons. The van der Waals surface area contributed by atoms with Gasteiger partial charge in [-0.3, -0.25) is 4.21 Å². The van der Waals surface area contributed by atoms with Crippen molar-refractivity contribution in [2.24, 2.45) is 5.92 Å². The van der Waals surface area contributed by atoms with Crippen LogP contribution in [0.3, 0.4) is 0 Å². The molecule has 1 N–H and O–H groups in total. The highest BCUT2D eigenvalue weighted by molar-refractivity contribution is 7.85. The lowest BCUT2D eigenvalue weighted by Gasteiger charge is -2.19. The maximum absolute atomic E-state index is 12.3. The Kier molecular flexibility index (Phi) is 6.06. The summed E-state index contributed by atoms with van der Waals surface area (Å²) in [5.41, 5.74) is 1.11. The van der Waals surface area contributed by atoms with Crippen molar-refractivity contribution in [2.75, 3.05) is 24.8 Å². The van der Waals surface area contributed by atoms with Crippen molar-refractivity contribution in [1.82, 2.24) is 5.32 Å². The zero-order chi connectivity index (χ0) is 15.2. The van der Waals surface area contributed by atoms with E-state index in [1.807, 2.05) is 18.2 Å². The molecule has 0 saturated carbocycles. The van der Waals surface area contributed by atoms with Gasteiger partial charge < -0.3 is 14.8 Å². The molecular weight excluding hydrogens is 286 g/mol. The number of hydrogen-bond acceptors (Lipinski definition) is 4. The van der Waals surface area contributed by atoms with Gasteiger partial charge in [-0.2, -0.15) is 0 Å². The Balaban J connectivity index is 2.06. The Bertz CT molecular complexity index is 492. The van der Waals surface area contributed by atoms with Gasteiger partial charge in [-0.25, -0.2) is 0 Å². The number of fused-ring (bicyclic) bond motifs is 1. The van der Waals surface area contributed by atoms with Crippen LogP contribution in [0.5, 0.6) is 11.5 Å². The molecule has 0 fully saturated rings. The first-order valence-electron chi connectivity index (χ1n) is 7.61. The van der Waals surface area contributed by atoms with E-state index in [2.05, 4.69) is 26.1 Å². The van der Waals surface area contributed by atoms with Gasteiger partial charge >= 0.3 is 0 Å². The van der Waals surface area contributed by atoms with Crippen molar-refractivity contribution in [3.63, 3.8) is 0 Å². The second kappa shape index (κ2) is 7.80. The fourth-order valence-corrected chi connectivity index (χ4v) is 4.03. The average molecular weight is 311 g/mol. The summed E-state index contributed by atoms with van der Waals surface area (Å²) < 4.78 is 23.1. The van der Waals surface area contributed by atoms with Crippen molar-refractivity contribution in [3.8, 4) is 11.5 Å². The smallest absolute Gasteiger partial charge is 0.231 e. The Morgan fingerprint density at radius 3 is 2.71 bits per heavy atom. The van der Waals surface area contributed by atoms with Crippen LogP contribution in [0.4, 0.5) is 0 Å². The molecule has 4 nitrogen and oxygen atoms in total.